The van der Waals surface area contributed by atoms with E-state index < -0.39 is 5.91 Å². The number of benzene rings is 1. The van der Waals surface area contributed by atoms with Gasteiger partial charge in [0.1, 0.15) is 17.4 Å². The summed E-state index contributed by atoms with van der Waals surface area (Å²) in [4.78, 5) is 28.0. The number of anilines is 1. The Morgan fingerprint density at radius 1 is 1.15 bits per heavy atom. The van der Waals surface area contributed by atoms with E-state index >= 15 is 0 Å². The number of aromatic hydroxyl groups is 1. The molecule has 138 valence electrons. The Labute approximate surface area is 155 Å². The number of phenols is 1. The smallest absolute Gasteiger partial charge is 0.289 e. The van der Waals surface area contributed by atoms with Gasteiger partial charge in [0.05, 0.1) is 12.0 Å². The Hall–Kier alpha value is -3.73. The van der Waals surface area contributed by atoms with Crippen LogP contribution in [0.15, 0.2) is 58.9 Å². The van der Waals surface area contributed by atoms with Crippen molar-refractivity contribution < 1.29 is 19.1 Å². The summed E-state index contributed by atoms with van der Waals surface area (Å²) in [6.45, 7) is 1.88. The van der Waals surface area contributed by atoms with Gasteiger partial charge in [-0.3, -0.25) is 9.59 Å². The van der Waals surface area contributed by atoms with Gasteiger partial charge in [0.25, 0.3) is 11.8 Å². The summed E-state index contributed by atoms with van der Waals surface area (Å²) in [6.07, 6.45) is 2.93. The van der Waals surface area contributed by atoms with Crippen LogP contribution in [0.25, 0.3) is 0 Å². The molecule has 2 N–H and O–H groups in total. The Morgan fingerprint density at radius 3 is 2.52 bits per heavy atom. The van der Waals surface area contributed by atoms with Crippen molar-refractivity contribution in [3.8, 4) is 11.8 Å². The molecule has 0 unspecified atom stereocenters. The van der Waals surface area contributed by atoms with Gasteiger partial charge in [-0.1, -0.05) is 12.1 Å². The van der Waals surface area contributed by atoms with Crippen molar-refractivity contribution in [2.24, 2.45) is 0 Å². The molecule has 0 spiro atoms. The number of carbonyl (C=O) groups excluding carboxylic acids is 2. The van der Waals surface area contributed by atoms with Crippen molar-refractivity contribution in [2.45, 2.75) is 0 Å². The predicted molar refractivity (Wildman–Crippen MR) is 96.6 cm³/mol. The summed E-state index contributed by atoms with van der Waals surface area (Å²) in [5.74, 6) is -0.568. The van der Waals surface area contributed by atoms with E-state index in [-0.39, 0.29) is 22.9 Å². The zero-order valence-electron chi connectivity index (χ0n) is 14.5. The van der Waals surface area contributed by atoms with Crippen molar-refractivity contribution in [3.05, 3.63) is 60.2 Å². The van der Waals surface area contributed by atoms with E-state index in [9.17, 15) is 20.0 Å². The lowest BCUT2D eigenvalue weighted by atomic mass is 10.2. The molecule has 1 fully saturated rings. The highest BCUT2D eigenvalue weighted by Crippen LogP contribution is 2.22. The van der Waals surface area contributed by atoms with Gasteiger partial charge in [-0.2, -0.15) is 5.26 Å². The maximum absolute atomic E-state index is 12.3. The summed E-state index contributed by atoms with van der Waals surface area (Å²) in [7, 11) is 0. The predicted octanol–water partition coefficient (Wildman–Crippen LogP) is 1.79. The number of rotatable bonds is 4. The van der Waals surface area contributed by atoms with Crippen LogP contribution in [0.5, 0.6) is 5.75 Å². The summed E-state index contributed by atoms with van der Waals surface area (Å²) < 4.78 is 5.12. The second-order valence-corrected chi connectivity index (χ2v) is 5.93. The number of carbonyl (C=O) groups is 2. The van der Waals surface area contributed by atoms with Gasteiger partial charge in [-0.25, -0.2) is 0 Å². The Bertz CT molecular complexity index is 891. The number of amides is 2. The highest BCUT2D eigenvalue weighted by Gasteiger charge is 2.23. The quantitative estimate of drug-likeness (QED) is 0.485. The number of nitrogens with zero attached hydrogens (tertiary/aromatic N) is 3. The molecule has 1 aliphatic rings. The number of para-hydroxylation sites is 2. The van der Waals surface area contributed by atoms with Gasteiger partial charge < -0.3 is 24.6 Å². The summed E-state index contributed by atoms with van der Waals surface area (Å²) in [5, 5.41) is 21.5. The number of nitrogens with one attached hydrogen (secondary N) is 1. The van der Waals surface area contributed by atoms with Gasteiger partial charge in [-0.15, -0.1) is 0 Å². The Morgan fingerprint density at radius 2 is 1.89 bits per heavy atom. The molecule has 2 heterocycles. The molecule has 2 aromatic rings. The first kappa shape index (κ1) is 18.1. The van der Waals surface area contributed by atoms with E-state index in [1.54, 1.807) is 35.2 Å². The Balaban J connectivity index is 1.60. The minimum Gasteiger partial charge on any atom is -0.506 e. The number of nitriles is 1. The van der Waals surface area contributed by atoms with Crippen LogP contribution in [0.2, 0.25) is 0 Å². The van der Waals surface area contributed by atoms with Crippen molar-refractivity contribution in [1.29, 1.82) is 5.26 Å². The highest BCUT2D eigenvalue weighted by molar-refractivity contribution is 6.07. The van der Waals surface area contributed by atoms with Crippen LogP contribution in [0, 0.1) is 11.3 Å². The van der Waals surface area contributed by atoms with Crippen LogP contribution in [0.4, 0.5) is 5.69 Å². The first-order valence-electron chi connectivity index (χ1n) is 8.36. The van der Waals surface area contributed by atoms with Crippen LogP contribution in [0.1, 0.15) is 10.6 Å². The van der Waals surface area contributed by atoms with E-state index in [2.05, 4.69) is 5.32 Å². The zero-order chi connectivity index (χ0) is 19.2. The largest absolute Gasteiger partial charge is 0.506 e. The first-order chi connectivity index (χ1) is 13.1. The maximum Gasteiger partial charge on any atom is 0.289 e. The van der Waals surface area contributed by atoms with Crippen molar-refractivity contribution >= 4 is 17.5 Å². The average molecular weight is 366 g/mol. The minimum atomic E-state index is -0.604. The van der Waals surface area contributed by atoms with E-state index in [4.69, 9.17) is 4.42 Å². The molecule has 1 aromatic carbocycles. The fourth-order valence-electron chi connectivity index (χ4n) is 2.70. The lowest BCUT2D eigenvalue weighted by Gasteiger charge is -2.33. The number of piperazine rings is 1. The molecule has 0 radical (unpaired) electrons. The van der Waals surface area contributed by atoms with E-state index in [1.165, 1.54) is 18.5 Å². The monoisotopic (exact) mass is 366 g/mol. The lowest BCUT2D eigenvalue weighted by molar-refractivity contribution is -0.112. The third-order valence-electron chi connectivity index (χ3n) is 4.16. The molecule has 0 aliphatic carbocycles. The molecule has 1 aliphatic heterocycles. The molecule has 2 amide bonds. The summed E-state index contributed by atoms with van der Waals surface area (Å²) in [6, 6.07) is 11.4. The Kier molecular flexibility index (Phi) is 5.42. The molecule has 1 saturated heterocycles. The maximum atomic E-state index is 12.3. The van der Waals surface area contributed by atoms with Crippen LogP contribution >= 0.6 is 0 Å². The standard InChI is InChI=1S/C19H18N4O4/c20-12-14(18(25)21-15-4-1-2-5-16(15)24)13-22-7-9-23(10-8-22)19(26)17-6-3-11-27-17/h1-6,11,13,24H,7-10H2,(H,21,25)/b14-13-. The topological polar surface area (TPSA) is 110 Å². The molecular weight excluding hydrogens is 348 g/mol. The van der Waals surface area contributed by atoms with Gasteiger partial charge in [0.15, 0.2) is 5.76 Å². The molecule has 3 rings (SSSR count). The summed E-state index contributed by atoms with van der Waals surface area (Å²) >= 11 is 0. The number of furan rings is 1. The van der Waals surface area contributed by atoms with Crippen LogP contribution in [-0.2, 0) is 4.79 Å². The minimum absolute atomic E-state index is 0.0757. The molecule has 1 aromatic heterocycles. The second kappa shape index (κ2) is 8.10. The summed E-state index contributed by atoms with van der Waals surface area (Å²) in [5.41, 5.74) is 0.154. The fraction of sp³-hybridized carbons (Fsp3) is 0.211. The van der Waals surface area contributed by atoms with Crippen LogP contribution in [-0.4, -0.2) is 52.9 Å². The van der Waals surface area contributed by atoms with Crippen LogP contribution in [0.3, 0.4) is 0 Å². The van der Waals surface area contributed by atoms with Gasteiger partial charge in [-0.05, 0) is 24.3 Å². The van der Waals surface area contributed by atoms with Crippen molar-refractivity contribution in [3.63, 3.8) is 0 Å². The molecule has 0 saturated carbocycles. The third kappa shape index (κ3) is 4.27. The zero-order valence-corrected chi connectivity index (χ0v) is 14.5. The number of hydrogen-bond acceptors (Lipinski definition) is 6. The molecule has 8 heteroatoms. The van der Waals surface area contributed by atoms with Gasteiger partial charge in [0, 0.05) is 32.4 Å². The molecule has 27 heavy (non-hydrogen) atoms. The van der Waals surface area contributed by atoms with E-state index in [0.717, 1.165) is 0 Å². The molecule has 0 bridgehead atoms. The average Bonchev–Trinajstić information content (AvgIpc) is 3.22. The van der Waals surface area contributed by atoms with E-state index in [0.29, 0.717) is 31.9 Å². The number of phenolic OH excluding ortho intramolecular Hbond substituents is 1. The fourth-order valence-corrected chi connectivity index (χ4v) is 2.70. The molecule has 0 atom stereocenters. The van der Waals surface area contributed by atoms with Crippen molar-refractivity contribution in [1.82, 2.24) is 9.80 Å². The van der Waals surface area contributed by atoms with Gasteiger partial charge >= 0.3 is 0 Å². The van der Waals surface area contributed by atoms with Crippen molar-refractivity contribution in [2.75, 3.05) is 31.5 Å². The van der Waals surface area contributed by atoms with Crippen LogP contribution < -0.4 is 5.32 Å². The molecular formula is C19H18N4O4. The lowest BCUT2D eigenvalue weighted by Crippen LogP contribution is -2.47. The normalized spacial score (nSPS) is 14.6. The molecule has 8 nitrogen and oxygen atoms in total. The third-order valence-corrected chi connectivity index (χ3v) is 4.16. The first-order valence-corrected chi connectivity index (χ1v) is 8.36. The van der Waals surface area contributed by atoms with E-state index in [1.807, 2.05) is 11.0 Å². The highest BCUT2D eigenvalue weighted by atomic mass is 16.3. The van der Waals surface area contributed by atoms with Gasteiger partial charge in [0.2, 0.25) is 0 Å². The second-order valence-electron chi connectivity index (χ2n) is 5.93. The number of hydrogen-bond donors (Lipinski definition) is 2. The SMILES string of the molecule is N#C/C(=C/N1CCN(C(=O)c2ccco2)CC1)C(=O)Nc1ccccc1O.